The van der Waals surface area contributed by atoms with Gasteiger partial charge in [0.25, 0.3) is 0 Å². The van der Waals surface area contributed by atoms with Gasteiger partial charge in [0.2, 0.25) is 0 Å². The number of carbonyl (C=O) groups excluding carboxylic acids is 1. The molecule has 209 valence electrons. The zero-order valence-corrected chi connectivity index (χ0v) is 26.9. The third-order valence-electron chi connectivity index (χ3n) is 6.78. The van der Waals surface area contributed by atoms with Crippen molar-refractivity contribution in [3.63, 3.8) is 0 Å². The first-order valence-electron chi connectivity index (χ1n) is 13.9. The summed E-state index contributed by atoms with van der Waals surface area (Å²) in [5.41, 5.74) is 5.91. The largest absolute Gasteiger partial charge is 0.512 e. The molecule has 0 fully saturated rings. The van der Waals surface area contributed by atoms with E-state index in [0.29, 0.717) is 5.92 Å². The van der Waals surface area contributed by atoms with Crippen molar-refractivity contribution < 1.29 is 30.0 Å². The average Bonchev–Trinajstić information content (AvgIpc) is 2.84. The maximum Gasteiger partial charge on any atom is 0.161 e. The molecule has 3 nitrogen and oxygen atoms in total. The number of nitrogens with zero attached hydrogens (tertiary/aromatic N) is 1. The Bertz CT molecular complexity index is 1170. The van der Waals surface area contributed by atoms with Crippen molar-refractivity contribution in [3.05, 3.63) is 77.2 Å². The summed E-state index contributed by atoms with van der Waals surface area (Å²) in [4.78, 5) is 16.3. The van der Waals surface area contributed by atoms with Crippen LogP contribution in [0.15, 0.2) is 54.4 Å². The SMILES string of the molecule is CCCC(C)C(=O)/C=C(\O)C(CC)CC.Cc1[c-]c(-c2nccc3cc(CC(C)C)ccc23)cc(C)c1.[Ir]. The fraction of sp³-hybridized carbons (Fsp3) is 0.471. The molecule has 0 saturated heterocycles. The Morgan fingerprint density at radius 2 is 1.71 bits per heavy atom. The molecule has 1 N–H and O–H groups in total. The Morgan fingerprint density at radius 3 is 2.29 bits per heavy atom. The maximum atomic E-state index is 11.6. The Morgan fingerprint density at radius 1 is 1.03 bits per heavy atom. The van der Waals surface area contributed by atoms with Crippen molar-refractivity contribution in [2.75, 3.05) is 0 Å². The molecule has 0 aliphatic carbocycles. The van der Waals surface area contributed by atoms with Crippen LogP contribution in [0.25, 0.3) is 22.0 Å². The van der Waals surface area contributed by atoms with Gasteiger partial charge in [-0.1, -0.05) is 80.0 Å². The predicted molar refractivity (Wildman–Crippen MR) is 158 cm³/mol. The summed E-state index contributed by atoms with van der Waals surface area (Å²) in [6.07, 6.45) is 8.12. The van der Waals surface area contributed by atoms with E-state index in [0.717, 1.165) is 48.9 Å². The molecule has 1 radical (unpaired) electrons. The van der Waals surface area contributed by atoms with E-state index in [1.165, 1.54) is 28.0 Å². The molecular weight excluding hydrogens is 647 g/mol. The molecule has 0 saturated carbocycles. The number of ketones is 1. The number of aromatic nitrogens is 1. The molecule has 4 heteroatoms. The van der Waals surface area contributed by atoms with Crippen LogP contribution in [0.2, 0.25) is 0 Å². The second kappa shape index (κ2) is 16.6. The minimum atomic E-state index is 0. The van der Waals surface area contributed by atoms with Crippen molar-refractivity contribution >= 4 is 16.6 Å². The van der Waals surface area contributed by atoms with Gasteiger partial charge in [0.1, 0.15) is 0 Å². The zero-order valence-electron chi connectivity index (χ0n) is 24.5. The molecule has 2 aromatic carbocycles. The molecule has 0 spiro atoms. The number of hydrogen-bond donors (Lipinski definition) is 1. The molecule has 0 bridgehead atoms. The standard InChI is InChI=1S/C21H22N.C13H24O2.Ir/c1-14(2)9-17-5-6-20-18(13-17)7-8-22-21(20)19-11-15(3)10-16(4)12-19;1-5-8-10(4)12(14)9-13(15)11(6-2)7-3;/h5-8,10-11,13-14H,9H2,1-4H3;9-11,15H,5-8H2,1-4H3;/q-1;;/b;13-9-;. The number of aryl methyl sites for hydroxylation is 2. The number of carbonyl (C=O) groups is 1. The van der Waals surface area contributed by atoms with Gasteiger partial charge < -0.3 is 10.1 Å². The van der Waals surface area contributed by atoms with E-state index >= 15 is 0 Å². The normalized spacial score (nSPS) is 12.2. The van der Waals surface area contributed by atoms with E-state index in [2.05, 4.69) is 82.1 Å². The quantitative estimate of drug-likeness (QED) is 0.131. The van der Waals surface area contributed by atoms with Crippen LogP contribution in [0.1, 0.15) is 83.9 Å². The smallest absolute Gasteiger partial charge is 0.161 e. The summed E-state index contributed by atoms with van der Waals surface area (Å²) >= 11 is 0. The summed E-state index contributed by atoms with van der Waals surface area (Å²) in [6, 6.07) is 16.6. The Labute approximate surface area is 244 Å². The minimum absolute atomic E-state index is 0. The molecule has 3 aromatic rings. The zero-order chi connectivity index (χ0) is 27.5. The van der Waals surface area contributed by atoms with Gasteiger partial charge in [-0.15, -0.1) is 34.9 Å². The molecular formula is C34H46IrNO2-. The minimum Gasteiger partial charge on any atom is -0.512 e. The number of rotatable bonds is 10. The second-order valence-electron chi connectivity index (χ2n) is 10.7. The number of allylic oxidation sites excluding steroid dienone is 2. The summed E-state index contributed by atoms with van der Waals surface area (Å²) in [6.45, 7) is 16.8. The van der Waals surface area contributed by atoms with Crippen molar-refractivity contribution in [1.29, 1.82) is 0 Å². The van der Waals surface area contributed by atoms with Gasteiger partial charge in [-0.05, 0) is 59.7 Å². The van der Waals surface area contributed by atoms with Gasteiger partial charge in [-0.2, -0.15) is 0 Å². The first kappa shape index (κ1) is 33.7. The van der Waals surface area contributed by atoms with Gasteiger partial charge in [0.15, 0.2) is 5.78 Å². The summed E-state index contributed by atoms with van der Waals surface area (Å²) in [5, 5.41) is 12.2. The molecule has 1 aromatic heterocycles. The fourth-order valence-corrected chi connectivity index (χ4v) is 4.75. The molecule has 38 heavy (non-hydrogen) atoms. The van der Waals surface area contributed by atoms with E-state index in [1.807, 2.05) is 27.0 Å². The fourth-order valence-electron chi connectivity index (χ4n) is 4.75. The van der Waals surface area contributed by atoms with Crippen LogP contribution in [0.4, 0.5) is 0 Å². The second-order valence-corrected chi connectivity index (χ2v) is 10.7. The Balaban J connectivity index is 0.000000401. The van der Waals surface area contributed by atoms with Crippen LogP contribution in [0.3, 0.4) is 0 Å². The van der Waals surface area contributed by atoms with Gasteiger partial charge in [0, 0.05) is 44.2 Å². The van der Waals surface area contributed by atoms with E-state index in [1.54, 1.807) is 0 Å². The van der Waals surface area contributed by atoms with Crippen LogP contribution in [-0.2, 0) is 31.3 Å². The number of fused-ring (bicyclic) bond motifs is 1. The van der Waals surface area contributed by atoms with Gasteiger partial charge in [0.05, 0.1) is 5.76 Å². The first-order chi connectivity index (χ1) is 17.6. The molecule has 1 heterocycles. The Hall–Kier alpha value is -2.29. The van der Waals surface area contributed by atoms with E-state index in [9.17, 15) is 9.90 Å². The third kappa shape index (κ3) is 10.1. The Kier molecular flexibility index (Phi) is 14.8. The monoisotopic (exact) mass is 693 g/mol. The number of hydrogen-bond acceptors (Lipinski definition) is 3. The van der Waals surface area contributed by atoms with Crippen LogP contribution in [0.5, 0.6) is 0 Å². The summed E-state index contributed by atoms with van der Waals surface area (Å²) in [7, 11) is 0. The number of aliphatic hydroxyl groups excluding tert-OH is 1. The van der Waals surface area contributed by atoms with E-state index in [-0.39, 0.29) is 43.5 Å². The molecule has 1 atom stereocenters. The number of aliphatic hydroxyl groups is 1. The van der Waals surface area contributed by atoms with Crippen molar-refractivity contribution in [3.8, 4) is 11.3 Å². The van der Waals surface area contributed by atoms with Gasteiger partial charge in [-0.25, -0.2) is 0 Å². The number of benzene rings is 2. The topological polar surface area (TPSA) is 50.2 Å². The predicted octanol–water partition coefficient (Wildman–Crippen LogP) is 9.38. The molecule has 0 aliphatic heterocycles. The molecule has 0 amide bonds. The first-order valence-corrected chi connectivity index (χ1v) is 13.9. The van der Waals surface area contributed by atoms with Crippen molar-refractivity contribution in [2.45, 2.75) is 87.5 Å². The maximum absolute atomic E-state index is 11.6. The van der Waals surface area contributed by atoms with Crippen molar-refractivity contribution in [2.24, 2.45) is 17.8 Å². The molecule has 1 unspecified atom stereocenters. The third-order valence-corrected chi connectivity index (χ3v) is 6.78. The van der Waals surface area contributed by atoms with Crippen LogP contribution >= 0.6 is 0 Å². The van der Waals surface area contributed by atoms with Crippen LogP contribution < -0.4 is 0 Å². The van der Waals surface area contributed by atoms with Crippen LogP contribution in [0, 0.1) is 37.7 Å². The van der Waals surface area contributed by atoms with Crippen LogP contribution in [-0.4, -0.2) is 15.9 Å². The molecule has 3 rings (SSSR count). The average molecular weight is 693 g/mol. The molecule has 0 aliphatic rings. The van der Waals surface area contributed by atoms with Gasteiger partial charge >= 0.3 is 0 Å². The summed E-state index contributed by atoms with van der Waals surface area (Å²) in [5.74, 6) is 1.16. The van der Waals surface area contributed by atoms with Gasteiger partial charge in [-0.3, -0.25) is 4.79 Å². The van der Waals surface area contributed by atoms with E-state index < -0.39 is 0 Å². The van der Waals surface area contributed by atoms with Crippen molar-refractivity contribution in [1.82, 2.24) is 4.98 Å². The summed E-state index contributed by atoms with van der Waals surface area (Å²) < 4.78 is 0. The number of pyridine rings is 1. The van der Waals surface area contributed by atoms with E-state index in [4.69, 9.17) is 0 Å².